The first-order valence-electron chi connectivity index (χ1n) is 8.39. The lowest BCUT2D eigenvalue weighted by molar-refractivity contribution is -0.131. The number of nitrogens with one attached hydrogen (secondary N) is 1. The minimum absolute atomic E-state index is 0.140. The van der Waals surface area contributed by atoms with Crippen molar-refractivity contribution in [3.8, 4) is 0 Å². The number of nitrogens with zero attached hydrogens (tertiary/aromatic N) is 1. The molecule has 4 nitrogen and oxygen atoms in total. The van der Waals surface area contributed by atoms with E-state index in [2.05, 4.69) is 47.8 Å². The molecule has 0 saturated carbocycles. The molecular formula is C20H24N2O2. The monoisotopic (exact) mass is 324 g/mol. The molecule has 1 unspecified atom stereocenters. The lowest BCUT2D eigenvalue weighted by atomic mass is 9.84. The van der Waals surface area contributed by atoms with Gasteiger partial charge >= 0.3 is 0 Å². The molecule has 1 aliphatic heterocycles. The Hall–Kier alpha value is -2.17. The van der Waals surface area contributed by atoms with Crippen LogP contribution in [0, 0.1) is 0 Å². The molecular weight excluding hydrogens is 300 g/mol. The van der Waals surface area contributed by atoms with E-state index in [9.17, 15) is 4.79 Å². The van der Waals surface area contributed by atoms with Crippen molar-refractivity contribution in [2.45, 2.75) is 12.5 Å². The first-order chi connectivity index (χ1) is 11.8. The highest BCUT2D eigenvalue weighted by atomic mass is 16.5. The summed E-state index contributed by atoms with van der Waals surface area (Å²) < 4.78 is 5.00. The molecule has 1 heterocycles. The maximum atomic E-state index is 12.6. The quantitative estimate of drug-likeness (QED) is 0.830. The Morgan fingerprint density at radius 3 is 2.71 bits per heavy atom. The van der Waals surface area contributed by atoms with Crippen molar-refractivity contribution in [1.29, 1.82) is 0 Å². The third-order valence-corrected chi connectivity index (χ3v) is 4.51. The van der Waals surface area contributed by atoms with Crippen LogP contribution in [-0.2, 0) is 16.1 Å². The molecule has 1 atom stereocenters. The van der Waals surface area contributed by atoms with Gasteiger partial charge in [0.15, 0.2) is 0 Å². The maximum Gasteiger partial charge on any atom is 0.236 e. The zero-order valence-electron chi connectivity index (χ0n) is 14.1. The van der Waals surface area contributed by atoms with E-state index in [1.54, 1.807) is 7.11 Å². The minimum atomic E-state index is 0.140. The number of carbonyl (C=O) groups is 1. The van der Waals surface area contributed by atoms with Crippen LogP contribution in [0.2, 0.25) is 0 Å². The van der Waals surface area contributed by atoms with Crippen molar-refractivity contribution in [2.24, 2.45) is 0 Å². The van der Waals surface area contributed by atoms with E-state index in [1.807, 2.05) is 17.0 Å². The van der Waals surface area contributed by atoms with E-state index in [1.165, 1.54) is 16.7 Å². The molecule has 2 aromatic rings. The van der Waals surface area contributed by atoms with Gasteiger partial charge in [-0.3, -0.25) is 4.79 Å². The summed E-state index contributed by atoms with van der Waals surface area (Å²) in [5.74, 6) is 0.376. The van der Waals surface area contributed by atoms with Gasteiger partial charge in [-0.15, -0.1) is 0 Å². The number of carbonyl (C=O) groups excluding carboxylic acids is 1. The fourth-order valence-corrected chi connectivity index (χ4v) is 3.25. The molecule has 1 aliphatic rings. The largest absolute Gasteiger partial charge is 0.383 e. The highest BCUT2D eigenvalue weighted by Crippen LogP contribution is 2.33. The van der Waals surface area contributed by atoms with Crippen LogP contribution in [0.1, 0.15) is 22.6 Å². The number of benzene rings is 2. The van der Waals surface area contributed by atoms with Crippen molar-refractivity contribution in [3.63, 3.8) is 0 Å². The molecule has 1 N–H and O–H groups in total. The summed E-state index contributed by atoms with van der Waals surface area (Å²) in [7, 11) is 1.66. The third kappa shape index (κ3) is 3.83. The second-order valence-corrected chi connectivity index (χ2v) is 6.11. The number of methoxy groups -OCH3 is 1. The molecule has 3 rings (SSSR count). The van der Waals surface area contributed by atoms with Gasteiger partial charge in [0.2, 0.25) is 5.91 Å². The zero-order valence-corrected chi connectivity index (χ0v) is 14.1. The summed E-state index contributed by atoms with van der Waals surface area (Å²) >= 11 is 0. The smallest absolute Gasteiger partial charge is 0.236 e. The summed E-state index contributed by atoms with van der Waals surface area (Å²) in [6, 6.07) is 18.9. The standard InChI is InChI=1S/C20H24N2O2/c1-24-12-11-21-13-20(23)22-14-17-9-5-6-10-18(17)19(15-22)16-7-3-2-4-8-16/h2-10,19,21H,11-15H2,1H3. The van der Waals surface area contributed by atoms with E-state index in [0.29, 0.717) is 26.2 Å². The summed E-state index contributed by atoms with van der Waals surface area (Å²) in [6.45, 7) is 3.07. The van der Waals surface area contributed by atoms with E-state index in [0.717, 1.165) is 6.54 Å². The summed E-state index contributed by atoms with van der Waals surface area (Å²) in [5, 5.41) is 3.15. The first-order valence-corrected chi connectivity index (χ1v) is 8.39. The molecule has 0 aromatic heterocycles. The summed E-state index contributed by atoms with van der Waals surface area (Å²) in [6.07, 6.45) is 0. The van der Waals surface area contributed by atoms with E-state index >= 15 is 0 Å². The normalized spacial score (nSPS) is 16.7. The average molecular weight is 324 g/mol. The highest BCUT2D eigenvalue weighted by Gasteiger charge is 2.28. The van der Waals surface area contributed by atoms with Crippen molar-refractivity contribution in [1.82, 2.24) is 10.2 Å². The molecule has 0 fully saturated rings. The molecule has 0 saturated heterocycles. The van der Waals surface area contributed by atoms with Crippen molar-refractivity contribution in [2.75, 3.05) is 33.4 Å². The Morgan fingerprint density at radius 2 is 1.92 bits per heavy atom. The number of rotatable bonds is 6. The number of hydrogen-bond acceptors (Lipinski definition) is 3. The second-order valence-electron chi connectivity index (χ2n) is 6.11. The van der Waals surface area contributed by atoms with Gasteiger partial charge < -0.3 is 15.0 Å². The Morgan fingerprint density at radius 1 is 1.17 bits per heavy atom. The van der Waals surface area contributed by atoms with Crippen LogP contribution in [0.15, 0.2) is 54.6 Å². The van der Waals surface area contributed by atoms with Gasteiger partial charge in [0.05, 0.1) is 13.2 Å². The lowest BCUT2D eigenvalue weighted by Gasteiger charge is -2.35. The van der Waals surface area contributed by atoms with Crippen LogP contribution in [0.4, 0.5) is 0 Å². The predicted octanol–water partition coefficient (Wildman–Crippen LogP) is 2.40. The van der Waals surface area contributed by atoms with Crippen molar-refractivity contribution < 1.29 is 9.53 Å². The Bertz CT molecular complexity index is 672. The number of fused-ring (bicyclic) bond motifs is 1. The van der Waals surface area contributed by atoms with Crippen LogP contribution >= 0.6 is 0 Å². The van der Waals surface area contributed by atoms with Gasteiger partial charge in [-0.1, -0.05) is 54.6 Å². The molecule has 0 spiro atoms. The molecule has 2 aromatic carbocycles. The van der Waals surface area contributed by atoms with Gasteiger partial charge in [-0.25, -0.2) is 0 Å². The van der Waals surface area contributed by atoms with Crippen LogP contribution in [0.3, 0.4) is 0 Å². The maximum absolute atomic E-state index is 12.6. The number of hydrogen-bond donors (Lipinski definition) is 1. The van der Waals surface area contributed by atoms with Gasteiger partial charge in [0.25, 0.3) is 0 Å². The molecule has 1 amide bonds. The SMILES string of the molecule is COCCNCC(=O)N1Cc2ccccc2C(c2ccccc2)C1. The highest BCUT2D eigenvalue weighted by molar-refractivity contribution is 5.78. The Balaban J connectivity index is 1.77. The van der Waals surface area contributed by atoms with Gasteiger partial charge in [0.1, 0.15) is 0 Å². The summed E-state index contributed by atoms with van der Waals surface area (Å²) in [4.78, 5) is 14.5. The number of ether oxygens (including phenoxy) is 1. The van der Waals surface area contributed by atoms with Crippen molar-refractivity contribution in [3.05, 3.63) is 71.3 Å². The lowest BCUT2D eigenvalue weighted by Crippen LogP contribution is -2.43. The molecule has 0 radical (unpaired) electrons. The van der Waals surface area contributed by atoms with Gasteiger partial charge in [-0.2, -0.15) is 0 Å². The molecule has 4 heteroatoms. The summed E-state index contributed by atoms with van der Waals surface area (Å²) in [5.41, 5.74) is 3.83. The average Bonchev–Trinajstić information content (AvgIpc) is 2.65. The first kappa shape index (κ1) is 16.7. The molecule has 126 valence electrons. The van der Waals surface area contributed by atoms with Crippen molar-refractivity contribution >= 4 is 5.91 Å². The van der Waals surface area contributed by atoms with Gasteiger partial charge in [-0.05, 0) is 16.7 Å². The topological polar surface area (TPSA) is 41.6 Å². The fourth-order valence-electron chi connectivity index (χ4n) is 3.25. The van der Waals surface area contributed by atoms with Crippen LogP contribution in [0.5, 0.6) is 0 Å². The van der Waals surface area contributed by atoms with Crippen LogP contribution < -0.4 is 5.32 Å². The Labute approximate surface area is 143 Å². The van der Waals surface area contributed by atoms with E-state index < -0.39 is 0 Å². The fraction of sp³-hybridized carbons (Fsp3) is 0.350. The van der Waals surface area contributed by atoms with Crippen LogP contribution in [-0.4, -0.2) is 44.2 Å². The van der Waals surface area contributed by atoms with Crippen LogP contribution in [0.25, 0.3) is 0 Å². The van der Waals surface area contributed by atoms with E-state index in [4.69, 9.17) is 4.74 Å². The minimum Gasteiger partial charge on any atom is -0.383 e. The van der Waals surface area contributed by atoms with Gasteiger partial charge in [0, 0.05) is 32.7 Å². The Kier molecular flexibility index (Phi) is 5.62. The molecule has 0 bridgehead atoms. The second kappa shape index (κ2) is 8.08. The number of amides is 1. The van der Waals surface area contributed by atoms with E-state index in [-0.39, 0.29) is 11.8 Å². The molecule has 24 heavy (non-hydrogen) atoms. The zero-order chi connectivity index (χ0) is 16.8. The third-order valence-electron chi connectivity index (χ3n) is 4.51. The predicted molar refractivity (Wildman–Crippen MR) is 94.9 cm³/mol. The molecule has 0 aliphatic carbocycles.